The van der Waals surface area contributed by atoms with E-state index in [2.05, 4.69) is 10.0 Å². The zero-order valence-corrected chi connectivity index (χ0v) is 14.4. The van der Waals surface area contributed by atoms with Crippen LogP contribution < -0.4 is 11.2 Å². The van der Waals surface area contributed by atoms with Gasteiger partial charge in [-0.2, -0.15) is 0 Å². The lowest BCUT2D eigenvalue weighted by Gasteiger charge is -2.27. The molecule has 152 valence electrons. The Hall–Kier alpha value is -2.77. The van der Waals surface area contributed by atoms with E-state index in [4.69, 9.17) is 15.0 Å². The summed E-state index contributed by atoms with van der Waals surface area (Å²) in [6.07, 6.45) is -5.43. The summed E-state index contributed by atoms with van der Waals surface area (Å²) in [4.78, 5) is 42.5. The van der Waals surface area contributed by atoms with Gasteiger partial charge in [0.2, 0.25) is 5.72 Å². The highest BCUT2D eigenvalue weighted by molar-refractivity contribution is 5.93. The first-order valence-electron chi connectivity index (χ1n) is 8.24. The molecule has 2 fully saturated rings. The summed E-state index contributed by atoms with van der Waals surface area (Å²) >= 11 is 0. The molecule has 1 unspecified atom stereocenters. The summed E-state index contributed by atoms with van der Waals surface area (Å²) in [7, 11) is 0. The fourth-order valence-corrected chi connectivity index (χ4v) is 3.04. The summed E-state index contributed by atoms with van der Waals surface area (Å²) in [5.74, 6) is -0.698. The number of amides is 1. The third-order valence-corrected chi connectivity index (χ3v) is 4.57. The molecular formula is C14H17FN6O7. The van der Waals surface area contributed by atoms with Gasteiger partial charge in [0.15, 0.2) is 12.4 Å². The molecule has 1 amide bonds. The van der Waals surface area contributed by atoms with Crippen molar-refractivity contribution in [3.8, 4) is 0 Å². The van der Waals surface area contributed by atoms with Crippen molar-refractivity contribution in [2.24, 2.45) is 5.11 Å². The SMILES string of the molecule is [N-]=[N+]=N[C@]1(CO)O[C@@H](n2cc(C(=O)N3CCOCC3)c(=O)[nH]c2=O)[C@@H](F)C1O. The number of rotatable bonds is 4. The number of aromatic nitrogens is 2. The van der Waals surface area contributed by atoms with Gasteiger partial charge in [0.25, 0.3) is 11.5 Å². The number of ether oxygens (including phenoxy) is 2. The Bertz CT molecular complexity index is 921. The van der Waals surface area contributed by atoms with E-state index in [9.17, 15) is 29.0 Å². The number of morpholine rings is 1. The second-order valence-corrected chi connectivity index (χ2v) is 6.20. The van der Waals surface area contributed by atoms with E-state index in [1.165, 1.54) is 4.90 Å². The molecule has 2 saturated heterocycles. The first kappa shape index (κ1) is 20.0. The van der Waals surface area contributed by atoms with E-state index in [-0.39, 0.29) is 26.3 Å². The lowest BCUT2D eigenvalue weighted by Crippen LogP contribution is -2.45. The van der Waals surface area contributed by atoms with E-state index in [0.29, 0.717) is 4.57 Å². The minimum Gasteiger partial charge on any atom is -0.393 e. The molecule has 0 spiro atoms. The Balaban J connectivity index is 2.01. The molecule has 0 saturated carbocycles. The quantitative estimate of drug-likeness (QED) is 0.303. The standard InChI is InChI=1S/C14H17FN6O7/c15-8-9(23)14(6-22,18-19-16)28-12(8)21-5-7(10(24)17-13(21)26)11(25)20-1-3-27-4-2-20/h5,8-9,12,22-23H,1-4,6H2,(H,17,24,26)/t8-,9?,12+,14+/m0/s1. The van der Waals surface area contributed by atoms with Gasteiger partial charge < -0.3 is 24.6 Å². The molecule has 4 atom stereocenters. The lowest BCUT2D eigenvalue weighted by molar-refractivity contribution is -0.124. The molecule has 0 radical (unpaired) electrons. The number of azide groups is 1. The predicted molar refractivity (Wildman–Crippen MR) is 88.0 cm³/mol. The number of hydrogen-bond acceptors (Lipinski definition) is 8. The number of aliphatic hydroxyl groups is 2. The van der Waals surface area contributed by atoms with Crippen LogP contribution >= 0.6 is 0 Å². The van der Waals surface area contributed by atoms with Crippen LogP contribution in [0.4, 0.5) is 4.39 Å². The molecule has 0 aliphatic carbocycles. The molecule has 13 nitrogen and oxygen atoms in total. The van der Waals surface area contributed by atoms with Crippen LogP contribution in [0.25, 0.3) is 10.4 Å². The van der Waals surface area contributed by atoms with Crippen LogP contribution in [0.1, 0.15) is 16.6 Å². The van der Waals surface area contributed by atoms with Crippen LogP contribution in [0.5, 0.6) is 0 Å². The molecule has 1 aromatic rings. The highest BCUT2D eigenvalue weighted by atomic mass is 19.1. The maximum Gasteiger partial charge on any atom is 0.330 e. The van der Waals surface area contributed by atoms with Crippen molar-refractivity contribution >= 4 is 5.91 Å². The zero-order valence-electron chi connectivity index (χ0n) is 14.4. The summed E-state index contributed by atoms with van der Waals surface area (Å²) < 4.78 is 25.4. The molecule has 3 rings (SSSR count). The number of nitrogens with zero attached hydrogens (tertiary/aromatic N) is 5. The summed E-state index contributed by atoms with van der Waals surface area (Å²) in [5, 5.41) is 22.5. The van der Waals surface area contributed by atoms with Crippen molar-refractivity contribution < 1.29 is 28.9 Å². The molecule has 2 aliphatic rings. The topological polar surface area (TPSA) is 183 Å². The zero-order chi connectivity index (χ0) is 20.5. The van der Waals surface area contributed by atoms with Crippen molar-refractivity contribution in [1.82, 2.24) is 14.5 Å². The van der Waals surface area contributed by atoms with Crippen LogP contribution in [-0.2, 0) is 9.47 Å². The van der Waals surface area contributed by atoms with Gasteiger partial charge in [-0.15, -0.1) is 0 Å². The number of carbonyl (C=O) groups is 1. The largest absolute Gasteiger partial charge is 0.393 e. The van der Waals surface area contributed by atoms with Gasteiger partial charge in [0, 0.05) is 24.2 Å². The number of nitrogens with one attached hydrogen (secondary N) is 1. The monoisotopic (exact) mass is 400 g/mol. The number of halogens is 1. The van der Waals surface area contributed by atoms with Crippen molar-refractivity contribution in [3.05, 3.63) is 43.0 Å². The predicted octanol–water partition coefficient (Wildman–Crippen LogP) is -1.76. The number of hydrogen-bond donors (Lipinski definition) is 3. The van der Waals surface area contributed by atoms with Gasteiger partial charge in [-0.3, -0.25) is 19.1 Å². The van der Waals surface area contributed by atoms with E-state index < -0.39 is 53.6 Å². The van der Waals surface area contributed by atoms with Crippen LogP contribution in [-0.4, -0.2) is 81.5 Å². The van der Waals surface area contributed by atoms with E-state index in [0.717, 1.165) is 6.20 Å². The Morgan fingerprint density at radius 3 is 2.75 bits per heavy atom. The smallest absolute Gasteiger partial charge is 0.330 e. The third-order valence-electron chi connectivity index (χ3n) is 4.57. The Kier molecular flexibility index (Phi) is 5.49. The van der Waals surface area contributed by atoms with Gasteiger partial charge in [0.1, 0.15) is 11.7 Å². The first-order chi connectivity index (χ1) is 13.3. The third kappa shape index (κ3) is 3.27. The number of aliphatic hydroxyl groups excluding tert-OH is 2. The lowest BCUT2D eigenvalue weighted by atomic mass is 10.1. The molecule has 28 heavy (non-hydrogen) atoms. The van der Waals surface area contributed by atoms with Gasteiger partial charge >= 0.3 is 5.69 Å². The normalized spacial score (nSPS) is 30.1. The number of aromatic amines is 1. The summed E-state index contributed by atoms with van der Waals surface area (Å²) in [6.45, 7) is -0.0523. The van der Waals surface area contributed by atoms with Crippen LogP contribution in [0.3, 0.4) is 0 Å². The van der Waals surface area contributed by atoms with E-state index in [1.807, 2.05) is 4.98 Å². The van der Waals surface area contributed by atoms with Crippen LogP contribution in [0.2, 0.25) is 0 Å². The summed E-state index contributed by atoms with van der Waals surface area (Å²) in [6, 6.07) is 0. The van der Waals surface area contributed by atoms with Gasteiger partial charge in [-0.05, 0) is 5.53 Å². The molecule has 2 aliphatic heterocycles. The minimum atomic E-state index is -2.36. The Labute approximate surface area is 155 Å². The molecule has 1 aromatic heterocycles. The molecule has 3 heterocycles. The van der Waals surface area contributed by atoms with Gasteiger partial charge in [-0.1, -0.05) is 5.11 Å². The average Bonchev–Trinajstić information content (AvgIpc) is 2.94. The van der Waals surface area contributed by atoms with Crippen LogP contribution in [0.15, 0.2) is 20.9 Å². The molecule has 0 bridgehead atoms. The van der Waals surface area contributed by atoms with Crippen molar-refractivity contribution in [2.45, 2.75) is 24.2 Å². The maximum atomic E-state index is 14.6. The van der Waals surface area contributed by atoms with Crippen molar-refractivity contribution in [3.63, 3.8) is 0 Å². The fraction of sp³-hybridized carbons (Fsp3) is 0.643. The summed E-state index contributed by atoms with van der Waals surface area (Å²) in [5.41, 5.74) is 3.70. The number of carbonyl (C=O) groups excluding carboxylic acids is 1. The number of H-pyrrole nitrogens is 1. The molecule has 14 heteroatoms. The Morgan fingerprint density at radius 1 is 1.46 bits per heavy atom. The van der Waals surface area contributed by atoms with Gasteiger partial charge in [-0.25, -0.2) is 9.18 Å². The first-order valence-corrected chi connectivity index (χ1v) is 8.24. The number of alkyl halides is 1. The van der Waals surface area contributed by atoms with Gasteiger partial charge in [0.05, 0.1) is 19.8 Å². The highest BCUT2D eigenvalue weighted by Crippen LogP contribution is 2.39. The average molecular weight is 400 g/mol. The van der Waals surface area contributed by atoms with E-state index >= 15 is 0 Å². The highest BCUT2D eigenvalue weighted by Gasteiger charge is 2.56. The van der Waals surface area contributed by atoms with Crippen LogP contribution in [0, 0.1) is 0 Å². The Morgan fingerprint density at radius 2 is 2.14 bits per heavy atom. The molecule has 0 aromatic carbocycles. The fourth-order valence-electron chi connectivity index (χ4n) is 3.04. The second kappa shape index (κ2) is 7.69. The van der Waals surface area contributed by atoms with Crippen molar-refractivity contribution in [1.29, 1.82) is 0 Å². The minimum absolute atomic E-state index is 0.228. The second-order valence-electron chi connectivity index (χ2n) is 6.20. The molecular weight excluding hydrogens is 383 g/mol. The maximum absolute atomic E-state index is 14.6. The van der Waals surface area contributed by atoms with E-state index in [1.54, 1.807) is 0 Å². The molecule has 3 N–H and O–H groups in total. The van der Waals surface area contributed by atoms with Crippen molar-refractivity contribution in [2.75, 3.05) is 32.9 Å².